The summed E-state index contributed by atoms with van der Waals surface area (Å²) in [5, 5.41) is 0. The highest BCUT2D eigenvalue weighted by Gasteiger charge is 2.32. The Hall–Kier alpha value is -3.04. The number of rotatable bonds is 5. The first-order chi connectivity index (χ1) is 14.3. The monoisotopic (exact) mass is 443 g/mol. The number of carbonyl (C=O) groups is 3. The molecule has 0 unspecified atom stereocenters. The minimum Gasteiger partial charge on any atom is -0.292 e. The summed E-state index contributed by atoms with van der Waals surface area (Å²) in [4.78, 5) is 38.4. The van der Waals surface area contributed by atoms with Crippen molar-refractivity contribution < 1.29 is 18.8 Å². The van der Waals surface area contributed by atoms with E-state index >= 15 is 0 Å². The summed E-state index contributed by atoms with van der Waals surface area (Å²) in [7, 11) is 0. The summed E-state index contributed by atoms with van der Waals surface area (Å²) >= 11 is 6.45. The van der Waals surface area contributed by atoms with E-state index in [0.29, 0.717) is 9.23 Å². The Kier molecular flexibility index (Phi) is 6.96. The average molecular weight is 444 g/mol. The van der Waals surface area contributed by atoms with Crippen LogP contribution in [0.2, 0.25) is 0 Å². The molecule has 154 valence electrons. The molecule has 1 aliphatic rings. The van der Waals surface area contributed by atoms with Gasteiger partial charge in [0.25, 0.3) is 11.8 Å². The molecule has 1 saturated heterocycles. The van der Waals surface area contributed by atoms with Crippen LogP contribution in [0.3, 0.4) is 0 Å². The minimum atomic E-state index is -0.574. The van der Waals surface area contributed by atoms with Crippen molar-refractivity contribution in [2.45, 2.75) is 13.3 Å². The standard InChI is InChI=1S/C21H18FN3O3S2/c1-13-2-4-14(5-3-13)12-17-20(28)25(21(29)30-17)11-10-18(26)23-24-19(27)15-6-8-16(22)9-7-15/h2-9,12H,10-11H2,1H3,(H,23,26)(H,24,27)/b17-12+. The van der Waals surface area contributed by atoms with Crippen LogP contribution in [0.25, 0.3) is 6.08 Å². The largest absolute Gasteiger partial charge is 0.292 e. The Morgan fingerprint density at radius 2 is 1.77 bits per heavy atom. The summed E-state index contributed by atoms with van der Waals surface area (Å²) in [6, 6.07) is 12.6. The fourth-order valence-electron chi connectivity index (χ4n) is 2.58. The van der Waals surface area contributed by atoms with Gasteiger partial charge in [-0.25, -0.2) is 4.39 Å². The molecule has 1 aliphatic heterocycles. The SMILES string of the molecule is Cc1ccc(/C=C2/SC(=S)N(CCC(=O)NNC(=O)c3ccc(F)cc3)C2=O)cc1. The number of hydrogen-bond donors (Lipinski definition) is 2. The van der Waals surface area contributed by atoms with Gasteiger partial charge in [-0.3, -0.25) is 30.1 Å². The summed E-state index contributed by atoms with van der Waals surface area (Å²) in [5.41, 5.74) is 6.74. The van der Waals surface area contributed by atoms with E-state index in [1.165, 1.54) is 28.8 Å². The number of aryl methyl sites for hydroxylation is 1. The molecule has 0 aromatic heterocycles. The molecule has 30 heavy (non-hydrogen) atoms. The van der Waals surface area contributed by atoms with Crippen molar-refractivity contribution >= 4 is 52.1 Å². The lowest BCUT2D eigenvalue weighted by Gasteiger charge is -2.14. The van der Waals surface area contributed by atoms with E-state index < -0.39 is 17.6 Å². The molecular weight excluding hydrogens is 425 g/mol. The van der Waals surface area contributed by atoms with Crippen LogP contribution in [-0.2, 0) is 9.59 Å². The van der Waals surface area contributed by atoms with Crippen LogP contribution >= 0.6 is 24.0 Å². The molecule has 9 heteroatoms. The maximum absolute atomic E-state index is 12.9. The van der Waals surface area contributed by atoms with Gasteiger partial charge in [0.05, 0.1) is 4.91 Å². The Labute approximate surface area is 182 Å². The van der Waals surface area contributed by atoms with Crippen molar-refractivity contribution in [2.24, 2.45) is 0 Å². The van der Waals surface area contributed by atoms with Crippen LogP contribution in [0.15, 0.2) is 53.4 Å². The third-order valence-corrected chi connectivity index (χ3v) is 5.61. The molecule has 1 heterocycles. The second kappa shape index (κ2) is 9.64. The fourth-order valence-corrected chi connectivity index (χ4v) is 3.89. The molecule has 3 rings (SSSR count). The van der Waals surface area contributed by atoms with Gasteiger partial charge in [0.15, 0.2) is 0 Å². The molecule has 2 N–H and O–H groups in total. The van der Waals surface area contributed by atoms with Crippen LogP contribution in [-0.4, -0.2) is 33.5 Å². The van der Waals surface area contributed by atoms with Gasteiger partial charge in [0.2, 0.25) is 5.91 Å². The lowest BCUT2D eigenvalue weighted by Crippen LogP contribution is -2.43. The van der Waals surface area contributed by atoms with Crippen LogP contribution in [0.4, 0.5) is 4.39 Å². The Morgan fingerprint density at radius 3 is 2.43 bits per heavy atom. The van der Waals surface area contributed by atoms with Gasteiger partial charge in [-0.1, -0.05) is 53.8 Å². The topological polar surface area (TPSA) is 78.5 Å². The van der Waals surface area contributed by atoms with Gasteiger partial charge in [0.1, 0.15) is 10.1 Å². The number of nitrogens with one attached hydrogen (secondary N) is 2. The van der Waals surface area contributed by atoms with Gasteiger partial charge in [0, 0.05) is 18.5 Å². The molecule has 0 radical (unpaired) electrons. The highest BCUT2D eigenvalue weighted by molar-refractivity contribution is 8.26. The Bertz CT molecular complexity index is 1020. The lowest BCUT2D eigenvalue weighted by atomic mass is 10.1. The van der Waals surface area contributed by atoms with E-state index in [-0.39, 0.29) is 24.4 Å². The number of thioether (sulfide) groups is 1. The van der Waals surface area contributed by atoms with Gasteiger partial charge in [-0.15, -0.1) is 0 Å². The number of amides is 3. The molecule has 3 amide bonds. The normalized spacial score (nSPS) is 14.9. The first-order valence-corrected chi connectivity index (χ1v) is 10.2. The van der Waals surface area contributed by atoms with E-state index in [0.717, 1.165) is 23.3 Å². The summed E-state index contributed by atoms with van der Waals surface area (Å²) in [6.45, 7) is 2.07. The van der Waals surface area contributed by atoms with E-state index in [1.54, 1.807) is 6.08 Å². The molecule has 2 aromatic rings. The molecule has 0 aliphatic carbocycles. The first-order valence-electron chi connectivity index (χ1n) is 9.00. The van der Waals surface area contributed by atoms with Crippen molar-refractivity contribution in [1.82, 2.24) is 15.8 Å². The van der Waals surface area contributed by atoms with Crippen LogP contribution in [0.5, 0.6) is 0 Å². The number of carbonyl (C=O) groups excluding carboxylic acids is 3. The lowest BCUT2D eigenvalue weighted by molar-refractivity contribution is -0.124. The number of hydrogen-bond acceptors (Lipinski definition) is 5. The summed E-state index contributed by atoms with van der Waals surface area (Å²) < 4.78 is 13.3. The highest BCUT2D eigenvalue weighted by Crippen LogP contribution is 2.32. The third kappa shape index (κ3) is 5.52. The molecule has 0 bridgehead atoms. The van der Waals surface area contributed by atoms with Gasteiger partial charge in [-0.2, -0.15) is 0 Å². The van der Waals surface area contributed by atoms with Crippen molar-refractivity contribution in [3.63, 3.8) is 0 Å². The zero-order valence-corrected chi connectivity index (χ0v) is 17.6. The summed E-state index contributed by atoms with van der Waals surface area (Å²) in [6.07, 6.45) is 1.72. The van der Waals surface area contributed by atoms with E-state index in [1.807, 2.05) is 31.2 Å². The molecule has 0 spiro atoms. The maximum Gasteiger partial charge on any atom is 0.269 e. The van der Waals surface area contributed by atoms with Crippen LogP contribution in [0, 0.1) is 12.7 Å². The molecule has 6 nitrogen and oxygen atoms in total. The molecule has 1 fully saturated rings. The van der Waals surface area contributed by atoms with Crippen molar-refractivity contribution in [3.8, 4) is 0 Å². The van der Waals surface area contributed by atoms with Crippen molar-refractivity contribution in [1.29, 1.82) is 0 Å². The highest BCUT2D eigenvalue weighted by atomic mass is 32.2. The smallest absolute Gasteiger partial charge is 0.269 e. The second-order valence-electron chi connectivity index (χ2n) is 6.50. The van der Waals surface area contributed by atoms with Crippen LogP contribution in [0.1, 0.15) is 27.9 Å². The minimum absolute atomic E-state index is 0.0477. The molecule has 0 saturated carbocycles. The van der Waals surface area contributed by atoms with Crippen molar-refractivity contribution in [2.75, 3.05) is 6.54 Å². The molecule has 0 atom stereocenters. The molecular formula is C21H18FN3O3S2. The zero-order chi connectivity index (χ0) is 21.7. The Morgan fingerprint density at radius 1 is 1.10 bits per heavy atom. The molecule has 2 aromatic carbocycles. The Balaban J connectivity index is 1.51. The predicted octanol–water partition coefficient (Wildman–Crippen LogP) is 3.19. The van der Waals surface area contributed by atoms with Gasteiger partial charge in [-0.05, 0) is 42.8 Å². The predicted molar refractivity (Wildman–Crippen MR) is 118 cm³/mol. The van der Waals surface area contributed by atoms with E-state index in [2.05, 4.69) is 10.9 Å². The first kappa shape index (κ1) is 21.7. The maximum atomic E-state index is 12.9. The zero-order valence-electron chi connectivity index (χ0n) is 16.0. The number of benzene rings is 2. The quantitative estimate of drug-likeness (QED) is 0.422. The average Bonchev–Trinajstić information content (AvgIpc) is 2.99. The number of thiocarbonyl (C=S) groups is 1. The van der Waals surface area contributed by atoms with Crippen molar-refractivity contribution in [3.05, 3.63) is 75.9 Å². The fraction of sp³-hybridized carbons (Fsp3) is 0.143. The van der Waals surface area contributed by atoms with Crippen LogP contribution < -0.4 is 10.9 Å². The van der Waals surface area contributed by atoms with Gasteiger partial charge >= 0.3 is 0 Å². The van der Waals surface area contributed by atoms with E-state index in [9.17, 15) is 18.8 Å². The number of hydrazine groups is 1. The second-order valence-corrected chi connectivity index (χ2v) is 8.18. The van der Waals surface area contributed by atoms with E-state index in [4.69, 9.17) is 12.2 Å². The van der Waals surface area contributed by atoms with Gasteiger partial charge < -0.3 is 0 Å². The summed E-state index contributed by atoms with van der Waals surface area (Å²) in [5.74, 6) is -1.78. The number of nitrogens with zero attached hydrogens (tertiary/aromatic N) is 1. The third-order valence-electron chi connectivity index (χ3n) is 4.23. The number of halogens is 1.